The second-order valence-corrected chi connectivity index (χ2v) is 2.67. The molecular formula is C8H13NO5. The third-order valence-electron chi connectivity index (χ3n) is 1.54. The first-order valence-corrected chi connectivity index (χ1v) is 3.98. The molecule has 0 spiro atoms. The van der Waals surface area contributed by atoms with Crippen molar-refractivity contribution < 1.29 is 24.9 Å². The van der Waals surface area contributed by atoms with Gasteiger partial charge in [-0.15, -0.1) is 0 Å². The van der Waals surface area contributed by atoms with Crippen LogP contribution in [0.1, 0.15) is 12.8 Å². The normalized spacial score (nSPS) is 14.4. The smallest absolute Gasteiger partial charge is 0.320 e. The molecule has 0 radical (unpaired) electrons. The van der Waals surface area contributed by atoms with Gasteiger partial charge in [0.2, 0.25) is 0 Å². The van der Waals surface area contributed by atoms with Gasteiger partial charge in [0.25, 0.3) is 0 Å². The Labute approximate surface area is 80.9 Å². The lowest BCUT2D eigenvalue weighted by Crippen LogP contribution is -2.42. The lowest BCUT2D eigenvalue weighted by Gasteiger charge is -2.15. The van der Waals surface area contributed by atoms with Gasteiger partial charge in [-0.05, 0) is 12.5 Å². The average Bonchev–Trinajstić information content (AvgIpc) is 2.10. The summed E-state index contributed by atoms with van der Waals surface area (Å²) in [6.45, 7) is 3.25. The molecule has 0 aromatic rings. The van der Waals surface area contributed by atoms with Crippen LogP contribution in [-0.4, -0.2) is 39.5 Å². The molecule has 6 heteroatoms. The Morgan fingerprint density at radius 1 is 1.43 bits per heavy atom. The molecule has 80 valence electrons. The quantitative estimate of drug-likeness (QED) is 0.325. The van der Waals surface area contributed by atoms with Crippen molar-refractivity contribution in [3.8, 4) is 0 Å². The summed E-state index contributed by atoms with van der Waals surface area (Å²) in [7, 11) is 0. The standard InChI is InChI=1S/C8H13NO5/c1-2-6(10)9-5(8(13)14)3-4-7(11)12/h2,5-6,9-10H,1,3-4H2,(H,11,12)(H,13,14)/t5-,6?/m0/s1. The molecule has 4 N–H and O–H groups in total. The van der Waals surface area contributed by atoms with Crippen LogP contribution < -0.4 is 5.32 Å². The van der Waals surface area contributed by atoms with Gasteiger partial charge >= 0.3 is 11.9 Å². The van der Waals surface area contributed by atoms with Gasteiger partial charge in [-0.3, -0.25) is 14.9 Å². The number of carbonyl (C=O) groups is 2. The predicted octanol–water partition coefficient (Wildman–Crippen LogP) is -0.602. The van der Waals surface area contributed by atoms with E-state index in [-0.39, 0.29) is 12.8 Å². The van der Waals surface area contributed by atoms with Crippen molar-refractivity contribution in [1.82, 2.24) is 5.32 Å². The minimum Gasteiger partial charge on any atom is -0.481 e. The zero-order valence-corrected chi connectivity index (χ0v) is 7.51. The van der Waals surface area contributed by atoms with Crippen LogP contribution in [-0.2, 0) is 9.59 Å². The maximum atomic E-state index is 10.6. The third kappa shape index (κ3) is 5.28. The molecule has 0 heterocycles. The van der Waals surface area contributed by atoms with Crippen LogP contribution in [0.3, 0.4) is 0 Å². The van der Waals surface area contributed by atoms with Crippen LogP contribution >= 0.6 is 0 Å². The highest BCUT2D eigenvalue weighted by Gasteiger charge is 2.19. The molecule has 0 aliphatic carbocycles. The van der Waals surface area contributed by atoms with E-state index in [4.69, 9.17) is 15.3 Å². The van der Waals surface area contributed by atoms with Crippen LogP contribution in [0.15, 0.2) is 12.7 Å². The molecule has 0 amide bonds. The summed E-state index contributed by atoms with van der Waals surface area (Å²) in [5.74, 6) is -2.28. The van der Waals surface area contributed by atoms with E-state index in [0.717, 1.165) is 6.08 Å². The number of nitrogens with one attached hydrogen (secondary N) is 1. The molecule has 0 saturated carbocycles. The van der Waals surface area contributed by atoms with Crippen LogP contribution in [0.5, 0.6) is 0 Å². The fourth-order valence-electron chi connectivity index (χ4n) is 0.820. The molecule has 0 saturated heterocycles. The summed E-state index contributed by atoms with van der Waals surface area (Å²) in [5, 5.41) is 28.3. The van der Waals surface area contributed by atoms with Crippen molar-refractivity contribution in [1.29, 1.82) is 0 Å². The molecule has 0 aromatic carbocycles. The molecule has 0 bridgehead atoms. The molecule has 6 nitrogen and oxygen atoms in total. The molecule has 1 unspecified atom stereocenters. The largest absolute Gasteiger partial charge is 0.481 e. The van der Waals surface area contributed by atoms with Crippen molar-refractivity contribution in [3.63, 3.8) is 0 Å². The van der Waals surface area contributed by atoms with E-state index in [9.17, 15) is 9.59 Å². The summed E-state index contributed by atoms with van der Waals surface area (Å²) < 4.78 is 0. The fourth-order valence-corrected chi connectivity index (χ4v) is 0.820. The zero-order valence-electron chi connectivity index (χ0n) is 7.51. The van der Waals surface area contributed by atoms with Crippen LogP contribution in [0, 0.1) is 0 Å². The monoisotopic (exact) mass is 203 g/mol. The first-order chi connectivity index (χ1) is 6.47. The van der Waals surface area contributed by atoms with Crippen molar-refractivity contribution in [3.05, 3.63) is 12.7 Å². The Kier molecular flexibility index (Phi) is 5.50. The van der Waals surface area contributed by atoms with Crippen molar-refractivity contribution in [2.45, 2.75) is 25.1 Å². The third-order valence-corrected chi connectivity index (χ3v) is 1.54. The number of hydrogen-bond donors (Lipinski definition) is 4. The molecular weight excluding hydrogens is 190 g/mol. The van der Waals surface area contributed by atoms with E-state index in [1.807, 2.05) is 0 Å². The Balaban J connectivity index is 4.08. The Bertz CT molecular complexity index is 228. The molecule has 0 aromatic heterocycles. The first kappa shape index (κ1) is 12.6. The minimum absolute atomic E-state index is 0.0877. The number of hydrogen-bond acceptors (Lipinski definition) is 4. The van der Waals surface area contributed by atoms with Gasteiger partial charge < -0.3 is 15.3 Å². The van der Waals surface area contributed by atoms with Gasteiger partial charge in [0, 0.05) is 6.42 Å². The highest BCUT2D eigenvalue weighted by Crippen LogP contribution is 1.99. The maximum Gasteiger partial charge on any atom is 0.320 e. The van der Waals surface area contributed by atoms with Gasteiger partial charge in [0.1, 0.15) is 12.3 Å². The van der Waals surface area contributed by atoms with Crippen LogP contribution in [0.4, 0.5) is 0 Å². The average molecular weight is 203 g/mol. The van der Waals surface area contributed by atoms with Gasteiger partial charge in [-0.25, -0.2) is 0 Å². The molecule has 14 heavy (non-hydrogen) atoms. The summed E-state index contributed by atoms with van der Waals surface area (Å²) in [5.41, 5.74) is 0. The predicted molar refractivity (Wildman–Crippen MR) is 47.6 cm³/mol. The van der Waals surface area contributed by atoms with Crippen molar-refractivity contribution >= 4 is 11.9 Å². The van der Waals surface area contributed by atoms with E-state index < -0.39 is 24.2 Å². The topological polar surface area (TPSA) is 107 Å². The lowest BCUT2D eigenvalue weighted by molar-refractivity contribution is -0.141. The fraction of sp³-hybridized carbons (Fsp3) is 0.500. The van der Waals surface area contributed by atoms with Gasteiger partial charge in [-0.1, -0.05) is 6.58 Å². The maximum absolute atomic E-state index is 10.6. The number of aliphatic hydroxyl groups excluding tert-OH is 1. The molecule has 0 fully saturated rings. The van der Waals surface area contributed by atoms with E-state index in [1.54, 1.807) is 0 Å². The molecule has 2 atom stereocenters. The summed E-state index contributed by atoms with van der Waals surface area (Å²) in [6.07, 6.45) is -0.384. The molecule has 0 aliphatic heterocycles. The van der Waals surface area contributed by atoms with E-state index in [0.29, 0.717) is 0 Å². The zero-order chi connectivity index (χ0) is 11.1. The number of rotatable bonds is 7. The van der Waals surface area contributed by atoms with Crippen molar-refractivity contribution in [2.24, 2.45) is 0 Å². The SMILES string of the molecule is C=CC(O)N[C@@H](CCC(=O)O)C(=O)O. The van der Waals surface area contributed by atoms with E-state index >= 15 is 0 Å². The summed E-state index contributed by atoms with van der Waals surface area (Å²) in [4.78, 5) is 20.7. The Hall–Kier alpha value is -1.40. The van der Waals surface area contributed by atoms with E-state index in [2.05, 4.69) is 11.9 Å². The first-order valence-electron chi connectivity index (χ1n) is 3.98. The summed E-state index contributed by atoms with van der Waals surface area (Å²) in [6, 6.07) is -1.08. The molecule has 0 rings (SSSR count). The second-order valence-electron chi connectivity index (χ2n) is 2.67. The second kappa shape index (κ2) is 6.11. The molecule has 0 aliphatic rings. The summed E-state index contributed by atoms with van der Waals surface area (Å²) >= 11 is 0. The number of aliphatic hydroxyl groups is 1. The highest BCUT2D eigenvalue weighted by atomic mass is 16.4. The van der Waals surface area contributed by atoms with Crippen molar-refractivity contribution in [2.75, 3.05) is 0 Å². The van der Waals surface area contributed by atoms with Gasteiger partial charge in [0.15, 0.2) is 0 Å². The number of carboxylic acid groups (broad SMARTS) is 2. The lowest BCUT2D eigenvalue weighted by atomic mass is 10.1. The van der Waals surface area contributed by atoms with E-state index in [1.165, 1.54) is 0 Å². The number of aliphatic carboxylic acids is 2. The van der Waals surface area contributed by atoms with Crippen LogP contribution in [0.2, 0.25) is 0 Å². The van der Waals surface area contributed by atoms with Gasteiger partial charge in [-0.2, -0.15) is 0 Å². The van der Waals surface area contributed by atoms with Crippen LogP contribution in [0.25, 0.3) is 0 Å². The Morgan fingerprint density at radius 2 is 2.00 bits per heavy atom. The highest BCUT2D eigenvalue weighted by molar-refractivity contribution is 5.75. The minimum atomic E-state index is -1.20. The number of carboxylic acids is 2. The Morgan fingerprint density at radius 3 is 2.36 bits per heavy atom. The van der Waals surface area contributed by atoms with Gasteiger partial charge in [0.05, 0.1) is 0 Å².